The van der Waals surface area contributed by atoms with Gasteiger partial charge in [0.15, 0.2) is 0 Å². The molecule has 110 valence electrons. The van der Waals surface area contributed by atoms with Gasteiger partial charge in [0.05, 0.1) is 0 Å². The molecule has 0 aliphatic carbocycles. The number of nitrogens with one attached hydrogen (secondary N) is 1. The number of rotatable bonds is 2. The van der Waals surface area contributed by atoms with E-state index in [0.29, 0.717) is 17.0 Å². The Morgan fingerprint density at radius 2 is 2.00 bits per heavy atom. The first-order chi connectivity index (χ1) is 10.1. The first-order valence-electron chi connectivity index (χ1n) is 6.67. The fourth-order valence-corrected chi connectivity index (χ4v) is 3.17. The smallest absolute Gasteiger partial charge is 0.131 e. The van der Waals surface area contributed by atoms with Gasteiger partial charge in [-0.05, 0) is 31.3 Å². The van der Waals surface area contributed by atoms with Crippen LogP contribution in [0.25, 0.3) is 0 Å². The van der Waals surface area contributed by atoms with Crippen molar-refractivity contribution in [1.82, 2.24) is 5.32 Å². The lowest BCUT2D eigenvalue weighted by Crippen LogP contribution is -2.27. The van der Waals surface area contributed by atoms with Crippen molar-refractivity contribution in [3.8, 4) is 5.75 Å². The Morgan fingerprint density at radius 1 is 1.24 bits per heavy atom. The molecule has 0 saturated heterocycles. The maximum atomic E-state index is 14.1. The zero-order valence-corrected chi connectivity index (χ0v) is 13.7. The molecule has 1 aliphatic rings. The zero-order chi connectivity index (χ0) is 15.0. The number of hydrogen-bond donors (Lipinski definition) is 1. The lowest BCUT2D eigenvalue weighted by Gasteiger charge is -2.32. The highest BCUT2D eigenvalue weighted by Gasteiger charge is 2.30. The summed E-state index contributed by atoms with van der Waals surface area (Å²) < 4.78 is 21.1. The minimum Gasteiger partial charge on any atom is -0.485 e. The lowest BCUT2D eigenvalue weighted by molar-refractivity contribution is 0.150. The van der Waals surface area contributed by atoms with Gasteiger partial charge in [0.25, 0.3) is 0 Å². The summed E-state index contributed by atoms with van der Waals surface area (Å²) in [7, 11) is 1.90. The molecule has 21 heavy (non-hydrogen) atoms. The van der Waals surface area contributed by atoms with E-state index >= 15 is 0 Å². The molecule has 2 aromatic rings. The topological polar surface area (TPSA) is 21.3 Å². The van der Waals surface area contributed by atoms with Crippen LogP contribution in [0, 0.1) is 5.82 Å². The van der Waals surface area contributed by atoms with Gasteiger partial charge in [0.2, 0.25) is 0 Å². The Labute approximate surface area is 136 Å². The molecule has 2 atom stereocenters. The number of benzene rings is 2. The van der Waals surface area contributed by atoms with Crippen LogP contribution < -0.4 is 10.1 Å². The van der Waals surface area contributed by atoms with Gasteiger partial charge in [-0.15, -0.1) is 0 Å². The van der Waals surface area contributed by atoms with E-state index in [9.17, 15) is 4.39 Å². The Morgan fingerprint density at radius 3 is 2.71 bits per heavy atom. The third kappa shape index (κ3) is 2.93. The van der Waals surface area contributed by atoms with Crippen LogP contribution in [-0.2, 0) is 0 Å². The van der Waals surface area contributed by atoms with Gasteiger partial charge in [-0.3, -0.25) is 0 Å². The second kappa shape index (κ2) is 5.95. The average molecular weight is 371 g/mol. The minimum atomic E-state index is -0.333. The van der Waals surface area contributed by atoms with E-state index < -0.39 is 0 Å². The molecule has 2 unspecified atom stereocenters. The summed E-state index contributed by atoms with van der Waals surface area (Å²) in [5, 5.41) is 3.66. The first kappa shape index (κ1) is 14.8. The average Bonchev–Trinajstić information content (AvgIpc) is 2.45. The van der Waals surface area contributed by atoms with Crippen LogP contribution >= 0.6 is 27.5 Å². The normalized spacial score (nSPS) is 20.8. The van der Waals surface area contributed by atoms with E-state index in [2.05, 4.69) is 21.2 Å². The molecule has 3 rings (SSSR count). The SMILES string of the molecule is CNC1CC(c2ccc(Cl)cc2F)Oc2cc(Br)ccc21. The van der Waals surface area contributed by atoms with E-state index in [-0.39, 0.29) is 18.0 Å². The molecule has 0 fully saturated rings. The van der Waals surface area contributed by atoms with Gasteiger partial charge in [-0.1, -0.05) is 39.7 Å². The fourth-order valence-electron chi connectivity index (χ4n) is 2.67. The summed E-state index contributed by atoms with van der Waals surface area (Å²) >= 11 is 9.25. The minimum absolute atomic E-state index is 0.127. The molecule has 1 aliphatic heterocycles. The number of halogens is 3. The largest absolute Gasteiger partial charge is 0.485 e. The molecule has 2 nitrogen and oxygen atoms in total. The number of fused-ring (bicyclic) bond motifs is 1. The quantitative estimate of drug-likeness (QED) is 0.801. The van der Waals surface area contributed by atoms with Gasteiger partial charge in [0.1, 0.15) is 17.7 Å². The molecule has 1 heterocycles. The van der Waals surface area contributed by atoms with Crippen LogP contribution in [0.3, 0.4) is 0 Å². The molecule has 0 bridgehead atoms. The van der Waals surface area contributed by atoms with Crippen molar-refractivity contribution in [1.29, 1.82) is 0 Å². The van der Waals surface area contributed by atoms with Gasteiger partial charge in [-0.25, -0.2) is 4.39 Å². The monoisotopic (exact) mass is 369 g/mol. The Hall–Kier alpha value is -1.10. The summed E-state index contributed by atoms with van der Waals surface area (Å²) in [4.78, 5) is 0. The molecule has 0 amide bonds. The van der Waals surface area contributed by atoms with E-state index in [4.69, 9.17) is 16.3 Å². The molecule has 2 aromatic carbocycles. The van der Waals surface area contributed by atoms with Gasteiger partial charge in [0, 0.05) is 33.1 Å². The third-order valence-electron chi connectivity index (χ3n) is 3.73. The van der Waals surface area contributed by atoms with Crippen LogP contribution in [0.5, 0.6) is 5.75 Å². The van der Waals surface area contributed by atoms with E-state index in [1.54, 1.807) is 12.1 Å². The van der Waals surface area contributed by atoms with Crippen LogP contribution in [0.2, 0.25) is 5.02 Å². The molecular weight excluding hydrogens is 357 g/mol. The Kier molecular flexibility index (Phi) is 4.20. The summed E-state index contributed by atoms with van der Waals surface area (Å²) in [5.41, 5.74) is 1.62. The van der Waals surface area contributed by atoms with Crippen molar-refractivity contribution in [3.05, 3.63) is 62.8 Å². The maximum absolute atomic E-state index is 14.1. The van der Waals surface area contributed by atoms with Crippen LogP contribution in [0.4, 0.5) is 4.39 Å². The van der Waals surface area contributed by atoms with E-state index in [1.807, 2.05) is 25.2 Å². The molecule has 1 N–H and O–H groups in total. The standard InChI is InChI=1S/C16H14BrClFNO/c1-20-14-8-16(11-5-3-10(18)7-13(11)19)21-15-6-9(17)2-4-12(14)15/h2-7,14,16,20H,8H2,1H3. The predicted molar refractivity (Wildman–Crippen MR) is 85.3 cm³/mol. The predicted octanol–water partition coefficient (Wildman–Crippen LogP) is 5.03. The van der Waals surface area contributed by atoms with Crippen molar-refractivity contribution < 1.29 is 9.13 Å². The van der Waals surface area contributed by atoms with Gasteiger partial charge in [-0.2, -0.15) is 0 Å². The van der Waals surface area contributed by atoms with E-state index in [0.717, 1.165) is 15.8 Å². The zero-order valence-electron chi connectivity index (χ0n) is 11.4. The van der Waals surface area contributed by atoms with Crippen molar-refractivity contribution >= 4 is 27.5 Å². The second-order valence-electron chi connectivity index (χ2n) is 5.03. The van der Waals surface area contributed by atoms with Crippen molar-refractivity contribution in [2.45, 2.75) is 18.6 Å². The van der Waals surface area contributed by atoms with Crippen LogP contribution in [0.15, 0.2) is 40.9 Å². The summed E-state index contributed by atoms with van der Waals surface area (Å²) in [6.07, 6.45) is 0.338. The molecular formula is C16H14BrClFNO. The highest BCUT2D eigenvalue weighted by atomic mass is 79.9. The highest BCUT2D eigenvalue weighted by Crippen LogP contribution is 2.42. The molecule has 0 spiro atoms. The van der Waals surface area contributed by atoms with E-state index in [1.165, 1.54) is 6.07 Å². The van der Waals surface area contributed by atoms with Crippen molar-refractivity contribution in [2.24, 2.45) is 0 Å². The molecule has 0 saturated carbocycles. The second-order valence-corrected chi connectivity index (χ2v) is 6.38. The molecule has 0 aromatic heterocycles. The lowest BCUT2D eigenvalue weighted by atomic mass is 9.93. The Balaban J connectivity index is 1.99. The highest BCUT2D eigenvalue weighted by molar-refractivity contribution is 9.10. The summed E-state index contributed by atoms with van der Waals surface area (Å²) in [5.74, 6) is 0.440. The number of hydrogen-bond acceptors (Lipinski definition) is 2. The fraction of sp³-hybridized carbons (Fsp3) is 0.250. The summed E-state index contributed by atoms with van der Waals surface area (Å²) in [6.45, 7) is 0. The van der Waals surface area contributed by atoms with Crippen LogP contribution in [-0.4, -0.2) is 7.05 Å². The Bertz CT molecular complexity index is 679. The van der Waals surface area contributed by atoms with Gasteiger partial charge < -0.3 is 10.1 Å². The number of ether oxygens (including phenoxy) is 1. The molecule has 5 heteroatoms. The van der Waals surface area contributed by atoms with Crippen LogP contribution in [0.1, 0.15) is 29.7 Å². The maximum Gasteiger partial charge on any atom is 0.131 e. The first-order valence-corrected chi connectivity index (χ1v) is 7.84. The van der Waals surface area contributed by atoms with Crippen molar-refractivity contribution in [2.75, 3.05) is 7.05 Å². The van der Waals surface area contributed by atoms with Gasteiger partial charge >= 0.3 is 0 Å². The third-order valence-corrected chi connectivity index (χ3v) is 4.46. The molecule has 0 radical (unpaired) electrons. The summed E-state index contributed by atoms with van der Waals surface area (Å²) in [6, 6.07) is 10.8. The van der Waals surface area contributed by atoms with Crippen molar-refractivity contribution in [3.63, 3.8) is 0 Å².